The molecule has 0 aromatic heterocycles. The van der Waals surface area contributed by atoms with E-state index in [0.29, 0.717) is 0 Å². The Morgan fingerprint density at radius 3 is 2.04 bits per heavy atom. The first kappa shape index (κ1) is 18.9. The van der Waals surface area contributed by atoms with Crippen molar-refractivity contribution in [2.75, 3.05) is 42.0 Å². The minimum atomic E-state index is 0.748. The van der Waals surface area contributed by atoms with E-state index >= 15 is 0 Å². The number of hydrogen-bond donors (Lipinski definition) is 1. The minimum Gasteiger partial charge on any atom is -0.497 e. The predicted molar refractivity (Wildman–Crippen MR) is 103 cm³/mol. The molecule has 0 heterocycles. The Morgan fingerprint density at radius 1 is 0.840 bits per heavy atom. The number of ether oxygens (including phenoxy) is 3. The average molecular weight is 342 g/mol. The topological polar surface area (TPSA) is 32.1 Å². The summed E-state index contributed by atoms with van der Waals surface area (Å²) < 4.78 is 16.1. The lowest BCUT2D eigenvalue weighted by Gasteiger charge is -2.14. The van der Waals surface area contributed by atoms with E-state index in [1.54, 1.807) is 21.3 Å². The van der Waals surface area contributed by atoms with Crippen molar-refractivity contribution in [1.82, 2.24) is 0 Å². The van der Waals surface area contributed by atoms with E-state index < -0.39 is 0 Å². The summed E-state index contributed by atoms with van der Waals surface area (Å²) in [5.74, 6) is 2.38. The number of quaternary nitrogens is 1. The van der Waals surface area contributed by atoms with Crippen molar-refractivity contribution in [3.05, 3.63) is 53.1 Å². The van der Waals surface area contributed by atoms with E-state index in [0.717, 1.165) is 41.3 Å². The highest BCUT2D eigenvalue weighted by Crippen LogP contribution is 2.31. The lowest BCUT2D eigenvalue weighted by molar-refractivity contribution is -0.858. The Kier molecular flexibility index (Phi) is 6.90. The highest BCUT2D eigenvalue weighted by Gasteiger charge is 2.10. The Balaban J connectivity index is 2.33. The molecule has 2 aromatic carbocycles. The molecule has 2 aromatic rings. The van der Waals surface area contributed by atoms with Gasteiger partial charge >= 0.3 is 0 Å². The van der Waals surface area contributed by atoms with Gasteiger partial charge in [0.25, 0.3) is 0 Å². The molecule has 0 aliphatic heterocycles. The van der Waals surface area contributed by atoms with Crippen molar-refractivity contribution in [3.63, 3.8) is 0 Å². The van der Waals surface area contributed by atoms with Crippen molar-refractivity contribution in [2.45, 2.75) is 6.42 Å². The monoisotopic (exact) mass is 342 g/mol. The molecule has 0 amide bonds. The molecule has 0 atom stereocenters. The van der Waals surface area contributed by atoms with Crippen molar-refractivity contribution in [1.29, 1.82) is 0 Å². The van der Waals surface area contributed by atoms with E-state index in [1.807, 2.05) is 30.3 Å². The van der Waals surface area contributed by atoms with E-state index in [2.05, 4.69) is 32.3 Å². The third kappa shape index (κ3) is 5.26. The molecular formula is C21H28NO3+. The molecule has 0 unspecified atom stereocenters. The number of hydrogen-bond acceptors (Lipinski definition) is 3. The second-order valence-corrected chi connectivity index (χ2v) is 6.22. The maximum Gasteiger partial charge on any atom is 0.161 e. The molecule has 0 bridgehead atoms. The Morgan fingerprint density at radius 2 is 1.48 bits per heavy atom. The minimum absolute atomic E-state index is 0.748. The normalized spacial score (nSPS) is 11.1. The van der Waals surface area contributed by atoms with Crippen LogP contribution in [-0.2, 0) is 6.42 Å². The third-order valence-electron chi connectivity index (χ3n) is 4.11. The number of benzene rings is 2. The van der Waals surface area contributed by atoms with Crippen LogP contribution in [0.5, 0.6) is 17.2 Å². The smallest absolute Gasteiger partial charge is 0.161 e. The third-order valence-corrected chi connectivity index (χ3v) is 4.11. The summed E-state index contributed by atoms with van der Waals surface area (Å²) in [5.41, 5.74) is 3.53. The standard InChI is InChI=1S/C21H27NO3/c1-22(2)13-12-18-15-21(25-5)20(24-4)14-17(18)9-6-16-7-10-19(23-3)11-8-16/h6-11,14-15H,12-13H2,1-5H3/p+1/b9-6+. The van der Waals surface area contributed by atoms with Crippen LogP contribution in [0.1, 0.15) is 16.7 Å². The summed E-state index contributed by atoms with van der Waals surface area (Å²) in [6, 6.07) is 12.1. The van der Waals surface area contributed by atoms with Crippen LogP contribution >= 0.6 is 0 Å². The number of nitrogens with one attached hydrogen (secondary N) is 1. The predicted octanol–water partition coefficient (Wildman–Crippen LogP) is 2.57. The SMILES string of the molecule is COc1ccc(/C=C/c2cc(OC)c(OC)cc2CC[NH+](C)C)cc1. The Hall–Kier alpha value is -2.46. The molecule has 25 heavy (non-hydrogen) atoms. The first-order valence-electron chi connectivity index (χ1n) is 8.43. The molecular weight excluding hydrogens is 314 g/mol. The van der Waals surface area contributed by atoms with Gasteiger partial charge in [0, 0.05) is 6.42 Å². The van der Waals surface area contributed by atoms with E-state index in [4.69, 9.17) is 14.2 Å². The van der Waals surface area contributed by atoms with Crippen LogP contribution in [0.3, 0.4) is 0 Å². The van der Waals surface area contributed by atoms with Crippen molar-refractivity contribution >= 4 is 12.2 Å². The molecule has 2 rings (SSSR count). The van der Waals surface area contributed by atoms with E-state index in [-0.39, 0.29) is 0 Å². The average Bonchev–Trinajstić information content (AvgIpc) is 2.64. The first-order chi connectivity index (χ1) is 12.1. The van der Waals surface area contributed by atoms with Gasteiger partial charge < -0.3 is 19.1 Å². The largest absolute Gasteiger partial charge is 0.497 e. The van der Waals surface area contributed by atoms with Gasteiger partial charge in [0.05, 0.1) is 42.0 Å². The molecule has 4 heteroatoms. The molecule has 1 N–H and O–H groups in total. The molecule has 134 valence electrons. The van der Waals surface area contributed by atoms with Gasteiger partial charge in [-0.25, -0.2) is 0 Å². The first-order valence-corrected chi connectivity index (χ1v) is 8.43. The zero-order valence-corrected chi connectivity index (χ0v) is 15.8. The lowest BCUT2D eigenvalue weighted by Crippen LogP contribution is -3.05. The Bertz CT molecular complexity index is 706. The molecule has 0 spiro atoms. The van der Waals surface area contributed by atoms with Crippen LogP contribution in [0.2, 0.25) is 0 Å². The van der Waals surface area contributed by atoms with Gasteiger partial charge in [-0.2, -0.15) is 0 Å². The van der Waals surface area contributed by atoms with E-state index in [9.17, 15) is 0 Å². The zero-order chi connectivity index (χ0) is 18.2. The second kappa shape index (κ2) is 9.14. The molecule has 0 saturated heterocycles. The van der Waals surface area contributed by atoms with Gasteiger partial charge in [0.15, 0.2) is 11.5 Å². The highest BCUT2D eigenvalue weighted by molar-refractivity contribution is 5.73. The fourth-order valence-electron chi connectivity index (χ4n) is 2.59. The summed E-state index contributed by atoms with van der Waals surface area (Å²) in [4.78, 5) is 1.42. The van der Waals surface area contributed by atoms with Gasteiger partial charge in [-0.05, 0) is 41.0 Å². The van der Waals surface area contributed by atoms with Gasteiger partial charge in [0.2, 0.25) is 0 Å². The number of methoxy groups -OCH3 is 3. The summed E-state index contributed by atoms with van der Waals surface area (Å²) in [6.07, 6.45) is 5.21. The van der Waals surface area contributed by atoms with Crippen molar-refractivity contribution in [2.24, 2.45) is 0 Å². The van der Waals surface area contributed by atoms with Gasteiger partial charge in [0.1, 0.15) is 5.75 Å². The fourth-order valence-corrected chi connectivity index (χ4v) is 2.59. The molecule has 0 radical (unpaired) electrons. The quantitative estimate of drug-likeness (QED) is 0.749. The summed E-state index contributed by atoms with van der Waals surface area (Å²) in [6.45, 7) is 1.05. The van der Waals surface area contributed by atoms with Gasteiger partial charge in [-0.15, -0.1) is 0 Å². The molecule has 0 saturated carbocycles. The fraction of sp³-hybridized carbons (Fsp3) is 0.333. The van der Waals surface area contributed by atoms with Crippen molar-refractivity contribution < 1.29 is 19.1 Å². The number of rotatable bonds is 8. The van der Waals surface area contributed by atoms with Crippen LogP contribution in [0.15, 0.2) is 36.4 Å². The van der Waals surface area contributed by atoms with Crippen LogP contribution in [0.25, 0.3) is 12.2 Å². The van der Waals surface area contributed by atoms with Crippen LogP contribution < -0.4 is 19.1 Å². The van der Waals surface area contributed by atoms with Crippen LogP contribution in [-0.4, -0.2) is 42.0 Å². The summed E-state index contributed by atoms with van der Waals surface area (Å²) in [5, 5.41) is 0. The van der Waals surface area contributed by atoms with Crippen LogP contribution in [0.4, 0.5) is 0 Å². The Labute approximate surface area is 150 Å². The van der Waals surface area contributed by atoms with Gasteiger partial charge in [-0.1, -0.05) is 24.3 Å². The zero-order valence-electron chi connectivity index (χ0n) is 15.8. The molecule has 0 fully saturated rings. The maximum absolute atomic E-state index is 5.46. The van der Waals surface area contributed by atoms with Crippen LogP contribution in [0, 0.1) is 0 Å². The highest BCUT2D eigenvalue weighted by atomic mass is 16.5. The van der Waals surface area contributed by atoms with E-state index in [1.165, 1.54) is 10.5 Å². The maximum atomic E-state index is 5.46. The van der Waals surface area contributed by atoms with Gasteiger partial charge in [-0.3, -0.25) is 0 Å². The summed E-state index contributed by atoms with van der Waals surface area (Å²) >= 11 is 0. The second-order valence-electron chi connectivity index (χ2n) is 6.22. The molecule has 0 aliphatic rings. The molecule has 4 nitrogen and oxygen atoms in total. The number of likely N-dealkylation sites (N-methyl/N-ethyl adjacent to an activating group) is 1. The summed E-state index contributed by atoms with van der Waals surface area (Å²) in [7, 11) is 9.33. The molecule has 0 aliphatic carbocycles. The lowest BCUT2D eigenvalue weighted by atomic mass is 10.0. The van der Waals surface area contributed by atoms with Crippen molar-refractivity contribution in [3.8, 4) is 17.2 Å².